The minimum atomic E-state index is -0.790. The van der Waals surface area contributed by atoms with Crippen LogP contribution in [-0.2, 0) is 25.5 Å². The maximum Gasteiger partial charge on any atom is 0.317 e. The highest BCUT2D eigenvalue weighted by molar-refractivity contribution is 7.80. The van der Waals surface area contributed by atoms with Crippen LogP contribution in [0.4, 0.5) is 0 Å². The molecule has 2 aromatic rings. The van der Waals surface area contributed by atoms with Gasteiger partial charge in [0.15, 0.2) is 0 Å². The number of carbonyl (C=O) groups is 2. The summed E-state index contributed by atoms with van der Waals surface area (Å²) >= 11 is 10.7. The number of pyridine rings is 1. The summed E-state index contributed by atoms with van der Waals surface area (Å²) in [5, 5.41) is 0.430. The zero-order valence-electron chi connectivity index (χ0n) is 13.2. The van der Waals surface area contributed by atoms with E-state index in [4.69, 9.17) is 16.3 Å². The third-order valence-corrected chi connectivity index (χ3v) is 4.44. The van der Waals surface area contributed by atoms with E-state index in [1.807, 2.05) is 0 Å². The van der Waals surface area contributed by atoms with Crippen molar-refractivity contribution in [2.24, 2.45) is 0 Å². The molecule has 0 bridgehead atoms. The third kappa shape index (κ3) is 3.88. The van der Waals surface area contributed by atoms with Gasteiger partial charge in [-0.3, -0.25) is 14.6 Å². The van der Waals surface area contributed by atoms with Crippen LogP contribution in [0.5, 0.6) is 0 Å². The quantitative estimate of drug-likeness (QED) is 0.651. The molecule has 1 atom stereocenters. The molecule has 24 heavy (non-hydrogen) atoms. The molecule has 0 N–H and O–H groups in total. The standard InChI is InChI=1S/C17H16ClNO4S/c1-22-14(20)7-10-8-19-9-12(16(10)24)15(17(21)23-2)11-5-3-4-6-13(11)18/h3-6,8-9,15H,7H2,1-2H3,(H,19,24)/t15-/m1/s1. The minimum Gasteiger partial charge on any atom is -0.469 e. The molecule has 0 saturated carbocycles. The molecule has 0 spiro atoms. The van der Waals surface area contributed by atoms with Gasteiger partial charge in [0.2, 0.25) is 0 Å². The molecule has 0 aliphatic heterocycles. The smallest absolute Gasteiger partial charge is 0.317 e. The number of aromatic nitrogens is 1. The second-order valence-corrected chi connectivity index (χ2v) is 5.82. The van der Waals surface area contributed by atoms with Crippen LogP contribution < -0.4 is 0 Å². The lowest BCUT2D eigenvalue weighted by Crippen LogP contribution is -2.18. The van der Waals surface area contributed by atoms with Gasteiger partial charge < -0.3 is 9.47 Å². The highest BCUT2D eigenvalue weighted by Gasteiger charge is 2.28. The highest BCUT2D eigenvalue weighted by atomic mass is 35.5. The number of hydrogen-bond acceptors (Lipinski definition) is 6. The van der Waals surface area contributed by atoms with Gasteiger partial charge in [-0.05, 0) is 17.2 Å². The predicted octanol–water partition coefficient (Wildman–Crippen LogP) is 3.04. The Morgan fingerprint density at radius 3 is 2.50 bits per heavy atom. The molecule has 0 aliphatic rings. The molecule has 2 rings (SSSR count). The van der Waals surface area contributed by atoms with E-state index < -0.39 is 17.9 Å². The summed E-state index contributed by atoms with van der Waals surface area (Å²) in [5.41, 5.74) is 1.65. The van der Waals surface area contributed by atoms with Crippen molar-refractivity contribution in [2.75, 3.05) is 14.2 Å². The van der Waals surface area contributed by atoms with Crippen LogP contribution in [0.25, 0.3) is 0 Å². The van der Waals surface area contributed by atoms with Gasteiger partial charge >= 0.3 is 11.9 Å². The number of hydrogen-bond donors (Lipinski definition) is 1. The molecule has 7 heteroatoms. The van der Waals surface area contributed by atoms with Gasteiger partial charge in [-0.15, -0.1) is 12.6 Å². The van der Waals surface area contributed by atoms with Crippen molar-refractivity contribution >= 4 is 36.2 Å². The third-order valence-electron chi connectivity index (χ3n) is 3.55. The van der Waals surface area contributed by atoms with E-state index in [9.17, 15) is 9.59 Å². The van der Waals surface area contributed by atoms with E-state index in [1.165, 1.54) is 26.6 Å². The molecule has 0 radical (unpaired) electrons. The number of esters is 2. The number of ether oxygens (including phenoxy) is 2. The number of methoxy groups -OCH3 is 2. The van der Waals surface area contributed by atoms with E-state index in [0.29, 0.717) is 26.6 Å². The Morgan fingerprint density at radius 1 is 1.17 bits per heavy atom. The summed E-state index contributed by atoms with van der Waals surface area (Å²) in [7, 11) is 2.61. The van der Waals surface area contributed by atoms with Crippen LogP contribution in [0.15, 0.2) is 41.6 Å². The fourth-order valence-electron chi connectivity index (χ4n) is 2.33. The highest BCUT2D eigenvalue weighted by Crippen LogP contribution is 2.35. The van der Waals surface area contributed by atoms with Crippen LogP contribution in [-0.4, -0.2) is 31.1 Å². The maximum atomic E-state index is 12.4. The Balaban J connectivity index is 2.56. The van der Waals surface area contributed by atoms with Gasteiger partial charge in [-0.2, -0.15) is 0 Å². The van der Waals surface area contributed by atoms with Gasteiger partial charge in [0.25, 0.3) is 0 Å². The number of rotatable bonds is 5. The zero-order valence-corrected chi connectivity index (χ0v) is 14.8. The van der Waals surface area contributed by atoms with Gasteiger partial charge in [-0.1, -0.05) is 29.8 Å². The van der Waals surface area contributed by atoms with Crippen LogP contribution in [0, 0.1) is 0 Å². The van der Waals surface area contributed by atoms with Crippen molar-refractivity contribution in [1.29, 1.82) is 0 Å². The first-order chi connectivity index (χ1) is 11.5. The molecule has 0 amide bonds. The van der Waals surface area contributed by atoms with E-state index in [2.05, 4.69) is 22.3 Å². The fraction of sp³-hybridized carbons (Fsp3) is 0.235. The van der Waals surface area contributed by atoms with E-state index in [1.54, 1.807) is 24.3 Å². The lowest BCUT2D eigenvalue weighted by atomic mass is 9.91. The summed E-state index contributed by atoms with van der Waals surface area (Å²) in [6.45, 7) is 0. The molecule has 126 valence electrons. The second kappa shape index (κ2) is 8.17. The number of thiol groups is 1. The van der Waals surface area contributed by atoms with Crippen molar-refractivity contribution in [1.82, 2.24) is 4.98 Å². The molecule has 1 heterocycles. The molecular formula is C17H16ClNO4S. The van der Waals surface area contributed by atoms with Crippen molar-refractivity contribution in [3.8, 4) is 0 Å². The Labute approximate surface area is 150 Å². The maximum absolute atomic E-state index is 12.4. The normalized spacial score (nSPS) is 11.7. The van der Waals surface area contributed by atoms with Crippen LogP contribution in [0.3, 0.4) is 0 Å². The topological polar surface area (TPSA) is 65.5 Å². The van der Waals surface area contributed by atoms with Crippen molar-refractivity contribution in [3.63, 3.8) is 0 Å². The molecule has 0 fully saturated rings. The molecule has 5 nitrogen and oxygen atoms in total. The minimum absolute atomic E-state index is 0.00654. The van der Waals surface area contributed by atoms with Gasteiger partial charge in [0.05, 0.1) is 20.6 Å². The summed E-state index contributed by atoms with van der Waals surface area (Å²) in [6.07, 6.45) is 3.05. The Morgan fingerprint density at radius 2 is 1.88 bits per heavy atom. The fourth-order valence-corrected chi connectivity index (χ4v) is 2.90. The van der Waals surface area contributed by atoms with Crippen molar-refractivity contribution in [3.05, 3.63) is 58.4 Å². The zero-order chi connectivity index (χ0) is 17.7. The average Bonchev–Trinajstić information content (AvgIpc) is 2.59. The van der Waals surface area contributed by atoms with Crippen LogP contribution >= 0.6 is 24.2 Å². The molecular weight excluding hydrogens is 350 g/mol. The van der Waals surface area contributed by atoms with Crippen LogP contribution in [0.2, 0.25) is 5.02 Å². The van der Waals surface area contributed by atoms with E-state index >= 15 is 0 Å². The average molecular weight is 366 g/mol. The SMILES string of the molecule is COC(=O)Cc1cncc([C@H](C(=O)OC)c2ccccc2Cl)c1S. The first-order valence-corrected chi connectivity index (χ1v) is 7.86. The largest absolute Gasteiger partial charge is 0.469 e. The lowest BCUT2D eigenvalue weighted by Gasteiger charge is -2.19. The Hall–Kier alpha value is -2.05. The number of halogens is 1. The number of nitrogens with zero attached hydrogens (tertiary/aromatic N) is 1. The predicted molar refractivity (Wildman–Crippen MR) is 92.5 cm³/mol. The van der Waals surface area contributed by atoms with Gasteiger partial charge in [0, 0.05) is 27.9 Å². The summed E-state index contributed by atoms with van der Waals surface area (Å²) in [6, 6.07) is 6.98. The van der Waals surface area contributed by atoms with Gasteiger partial charge in [-0.25, -0.2) is 0 Å². The molecule has 0 saturated heterocycles. The van der Waals surface area contributed by atoms with Crippen molar-refractivity contribution in [2.45, 2.75) is 17.2 Å². The van der Waals surface area contributed by atoms with Crippen LogP contribution in [0.1, 0.15) is 22.6 Å². The summed E-state index contributed by atoms with van der Waals surface area (Å²) in [4.78, 5) is 28.5. The van der Waals surface area contributed by atoms with E-state index in [0.717, 1.165) is 0 Å². The molecule has 0 aliphatic carbocycles. The Bertz CT molecular complexity index is 766. The lowest BCUT2D eigenvalue weighted by molar-refractivity contribution is -0.141. The van der Waals surface area contributed by atoms with E-state index in [-0.39, 0.29) is 6.42 Å². The Kier molecular flexibility index (Phi) is 6.23. The first-order valence-electron chi connectivity index (χ1n) is 7.04. The number of benzene rings is 1. The molecule has 1 aromatic carbocycles. The van der Waals surface area contributed by atoms with Crippen molar-refractivity contribution < 1.29 is 19.1 Å². The summed E-state index contributed by atoms with van der Waals surface area (Å²) in [5.74, 6) is -1.70. The molecule has 0 unspecified atom stereocenters. The summed E-state index contributed by atoms with van der Waals surface area (Å²) < 4.78 is 9.59. The monoisotopic (exact) mass is 365 g/mol. The van der Waals surface area contributed by atoms with Gasteiger partial charge in [0.1, 0.15) is 5.92 Å². The number of carbonyl (C=O) groups excluding carboxylic acids is 2. The molecule has 1 aromatic heterocycles. The first kappa shape index (κ1) is 18.3. The second-order valence-electron chi connectivity index (χ2n) is 4.97.